The van der Waals surface area contributed by atoms with Gasteiger partial charge in [0.25, 0.3) is 0 Å². The molecule has 29 heavy (non-hydrogen) atoms. The topological polar surface area (TPSA) is 41.6 Å². The van der Waals surface area contributed by atoms with E-state index in [2.05, 4.69) is 41.7 Å². The first kappa shape index (κ1) is 22.5. The second-order valence-corrected chi connectivity index (χ2v) is 6.62. The average Bonchev–Trinajstić information content (AvgIpc) is 2.74. The number of anilines is 1. The summed E-state index contributed by atoms with van der Waals surface area (Å²) in [7, 11) is 1.88. The Balaban J connectivity index is 0.00000300. The van der Waals surface area contributed by atoms with Gasteiger partial charge in [-0.15, -0.1) is 12.4 Å². The van der Waals surface area contributed by atoms with E-state index in [0.717, 1.165) is 23.5 Å². The highest BCUT2D eigenvalue weighted by Crippen LogP contribution is 2.22. The Morgan fingerprint density at radius 3 is 2.10 bits per heavy atom. The second-order valence-electron chi connectivity index (χ2n) is 6.62. The quantitative estimate of drug-likeness (QED) is 0.572. The van der Waals surface area contributed by atoms with Gasteiger partial charge < -0.3 is 15.0 Å². The highest BCUT2D eigenvalue weighted by atomic mass is 35.5. The molecule has 4 nitrogen and oxygen atoms in total. The van der Waals surface area contributed by atoms with Crippen LogP contribution in [0.1, 0.15) is 12.5 Å². The SMILES string of the molecule is CNCCN(C(C)=O)c1ccc(OCc2ccc(-c3ccccc3)cc2)cc1.Cl. The minimum atomic E-state index is 0. The van der Waals surface area contributed by atoms with Crippen molar-refractivity contribution in [3.63, 3.8) is 0 Å². The summed E-state index contributed by atoms with van der Waals surface area (Å²) in [4.78, 5) is 13.6. The molecule has 0 atom stereocenters. The van der Waals surface area contributed by atoms with Crippen LogP contribution in [0.3, 0.4) is 0 Å². The molecule has 0 bridgehead atoms. The molecule has 0 heterocycles. The second kappa shape index (κ2) is 11.2. The van der Waals surface area contributed by atoms with Crippen LogP contribution >= 0.6 is 12.4 Å². The lowest BCUT2D eigenvalue weighted by Gasteiger charge is -2.21. The number of carbonyl (C=O) groups is 1. The lowest BCUT2D eigenvalue weighted by atomic mass is 10.0. The van der Waals surface area contributed by atoms with E-state index in [4.69, 9.17) is 4.74 Å². The van der Waals surface area contributed by atoms with Gasteiger partial charge in [0.1, 0.15) is 12.4 Å². The molecule has 0 spiro atoms. The molecular formula is C24H27ClN2O2. The zero-order chi connectivity index (χ0) is 19.8. The molecule has 1 amide bonds. The van der Waals surface area contributed by atoms with Gasteiger partial charge in [-0.3, -0.25) is 4.79 Å². The fraction of sp³-hybridized carbons (Fsp3) is 0.208. The standard InChI is InChI=1S/C24H26N2O2.ClH/c1-19(27)26(17-16-25-2)23-12-14-24(15-13-23)28-18-20-8-10-22(11-9-20)21-6-4-3-5-7-21;/h3-15,25H,16-18H2,1-2H3;1H. The highest BCUT2D eigenvalue weighted by Gasteiger charge is 2.10. The zero-order valence-corrected chi connectivity index (χ0v) is 17.6. The van der Waals surface area contributed by atoms with E-state index in [1.165, 1.54) is 11.1 Å². The van der Waals surface area contributed by atoms with Gasteiger partial charge in [0.2, 0.25) is 5.91 Å². The molecule has 152 valence electrons. The molecule has 5 heteroatoms. The van der Waals surface area contributed by atoms with Gasteiger partial charge in [-0.1, -0.05) is 54.6 Å². The Labute approximate surface area is 178 Å². The monoisotopic (exact) mass is 410 g/mol. The van der Waals surface area contributed by atoms with Gasteiger partial charge in [-0.25, -0.2) is 0 Å². The minimum absolute atomic E-state index is 0. The molecule has 0 aliphatic heterocycles. The average molecular weight is 411 g/mol. The van der Waals surface area contributed by atoms with Crippen molar-refractivity contribution in [1.29, 1.82) is 0 Å². The molecular weight excluding hydrogens is 384 g/mol. The van der Waals surface area contributed by atoms with Crippen molar-refractivity contribution in [1.82, 2.24) is 5.32 Å². The first-order valence-electron chi connectivity index (χ1n) is 9.47. The number of likely N-dealkylation sites (N-methyl/N-ethyl adjacent to an activating group) is 1. The van der Waals surface area contributed by atoms with Crippen molar-refractivity contribution in [2.45, 2.75) is 13.5 Å². The zero-order valence-electron chi connectivity index (χ0n) is 16.8. The van der Waals surface area contributed by atoms with E-state index >= 15 is 0 Å². The molecule has 0 unspecified atom stereocenters. The third-order valence-electron chi connectivity index (χ3n) is 4.58. The van der Waals surface area contributed by atoms with Crippen molar-refractivity contribution in [3.8, 4) is 16.9 Å². The number of hydrogen-bond donors (Lipinski definition) is 1. The maximum absolute atomic E-state index is 11.8. The number of carbonyl (C=O) groups excluding carboxylic acids is 1. The molecule has 0 saturated carbocycles. The van der Waals surface area contributed by atoms with Crippen LogP contribution in [-0.4, -0.2) is 26.0 Å². The van der Waals surface area contributed by atoms with E-state index < -0.39 is 0 Å². The van der Waals surface area contributed by atoms with Gasteiger partial charge in [0.15, 0.2) is 0 Å². The molecule has 0 aliphatic rings. The van der Waals surface area contributed by atoms with Gasteiger partial charge in [0, 0.05) is 25.7 Å². The van der Waals surface area contributed by atoms with Crippen molar-refractivity contribution < 1.29 is 9.53 Å². The third kappa shape index (κ3) is 6.34. The number of nitrogens with one attached hydrogen (secondary N) is 1. The van der Waals surface area contributed by atoms with Crippen LogP contribution in [0.25, 0.3) is 11.1 Å². The summed E-state index contributed by atoms with van der Waals surface area (Å²) in [6.45, 7) is 3.47. The third-order valence-corrected chi connectivity index (χ3v) is 4.58. The van der Waals surface area contributed by atoms with Gasteiger partial charge in [-0.2, -0.15) is 0 Å². The number of hydrogen-bond acceptors (Lipinski definition) is 3. The minimum Gasteiger partial charge on any atom is -0.489 e. The number of halogens is 1. The predicted molar refractivity (Wildman–Crippen MR) is 122 cm³/mol. The van der Waals surface area contributed by atoms with Crippen LogP contribution < -0.4 is 15.0 Å². The Kier molecular flexibility index (Phi) is 8.71. The normalized spacial score (nSPS) is 10.1. The van der Waals surface area contributed by atoms with Crippen molar-refractivity contribution >= 4 is 24.0 Å². The van der Waals surface area contributed by atoms with Crippen LogP contribution in [0.4, 0.5) is 5.69 Å². The Bertz CT molecular complexity index is 881. The van der Waals surface area contributed by atoms with E-state index in [1.807, 2.05) is 49.5 Å². The molecule has 3 rings (SSSR count). The van der Waals surface area contributed by atoms with E-state index in [1.54, 1.807) is 11.8 Å². The number of nitrogens with zero attached hydrogens (tertiary/aromatic N) is 1. The van der Waals surface area contributed by atoms with Crippen LogP contribution in [0.15, 0.2) is 78.9 Å². The molecule has 0 fully saturated rings. The van der Waals surface area contributed by atoms with E-state index in [9.17, 15) is 4.79 Å². The predicted octanol–water partition coefficient (Wildman–Crippen LogP) is 4.93. The summed E-state index contributed by atoms with van der Waals surface area (Å²) >= 11 is 0. The fourth-order valence-electron chi connectivity index (χ4n) is 3.00. The first-order chi connectivity index (χ1) is 13.7. The van der Waals surface area contributed by atoms with Crippen LogP contribution in [0.2, 0.25) is 0 Å². The maximum Gasteiger partial charge on any atom is 0.223 e. The van der Waals surface area contributed by atoms with Crippen molar-refractivity contribution in [2.75, 3.05) is 25.0 Å². The summed E-state index contributed by atoms with van der Waals surface area (Å²) in [5.41, 5.74) is 4.39. The molecule has 0 aromatic heterocycles. The summed E-state index contributed by atoms with van der Waals surface area (Å²) < 4.78 is 5.90. The fourth-order valence-corrected chi connectivity index (χ4v) is 3.00. The van der Waals surface area contributed by atoms with E-state index in [-0.39, 0.29) is 18.3 Å². The Morgan fingerprint density at radius 1 is 0.897 bits per heavy atom. The molecule has 0 saturated heterocycles. The largest absolute Gasteiger partial charge is 0.489 e. The lowest BCUT2D eigenvalue weighted by molar-refractivity contribution is -0.116. The summed E-state index contributed by atoms with van der Waals surface area (Å²) in [5.74, 6) is 0.815. The summed E-state index contributed by atoms with van der Waals surface area (Å²) in [6, 6.07) is 26.4. The maximum atomic E-state index is 11.8. The highest BCUT2D eigenvalue weighted by molar-refractivity contribution is 5.91. The summed E-state index contributed by atoms with van der Waals surface area (Å²) in [6.07, 6.45) is 0. The molecule has 3 aromatic rings. The molecule has 1 N–H and O–H groups in total. The first-order valence-corrected chi connectivity index (χ1v) is 9.47. The van der Waals surface area contributed by atoms with Gasteiger partial charge >= 0.3 is 0 Å². The molecule has 3 aromatic carbocycles. The van der Waals surface area contributed by atoms with Gasteiger partial charge in [-0.05, 0) is 48.0 Å². The number of benzene rings is 3. The number of amides is 1. The van der Waals surface area contributed by atoms with Crippen molar-refractivity contribution in [3.05, 3.63) is 84.4 Å². The van der Waals surface area contributed by atoms with E-state index in [0.29, 0.717) is 13.2 Å². The molecule has 0 aliphatic carbocycles. The smallest absolute Gasteiger partial charge is 0.223 e. The van der Waals surface area contributed by atoms with Crippen LogP contribution in [0, 0.1) is 0 Å². The van der Waals surface area contributed by atoms with Crippen molar-refractivity contribution in [2.24, 2.45) is 0 Å². The Morgan fingerprint density at radius 2 is 1.52 bits per heavy atom. The van der Waals surface area contributed by atoms with Gasteiger partial charge in [0.05, 0.1) is 0 Å². The van der Waals surface area contributed by atoms with Crippen LogP contribution in [0.5, 0.6) is 5.75 Å². The summed E-state index contributed by atoms with van der Waals surface area (Å²) in [5, 5.41) is 3.07. The molecule has 0 radical (unpaired) electrons. The number of rotatable bonds is 8. The number of ether oxygens (including phenoxy) is 1. The lowest BCUT2D eigenvalue weighted by Crippen LogP contribution is -2.34. The van der Waals surface area contributed by atoms with Crippen LogP contribution in [-0.2, 0) is 11.4 Å². The Hall–Kier alpha value is -2.82.